The Bertz CT molecular complexity index is 660. The van der Waals surface area contributed by atoms with Crippen molar-refractivity contribution in [2.75, 3.05) is 19.7 Å². The molecule has 0 spiro atoms. The summed E-state index contributed by atoms with van der Waals surface area (Å²) in [5.41, 5.74) is -0.871. The van der Waals surface area contributed by atoms with E-state index in [4.69, 9.17) is 9.16 Å². The summed E-state index contributed by atoms with van der Waals surface area (Å²) in [6.45, 7) is 17.0. The summed E-state index contributed by atoms with van der Waals surface area (Å²) < 4.78 is 11.4. The molecule has 2 aliphatic heterocycles. The number of β-lactam (4-membered cyclic amide) rings is 1. The highest BCUT2D eigenvalue weighted by atomic mass is 28.3. The molecule has 2 aliphatic rings. The molecule has 1 unspecified atom stereocenters. The summed E-state index contributed by atoms with van der Waals surface area (Å²) in [6, 6.07) is -0.228. The van der Waals surface area contributed by atoms with Gasteiger partial charge in [0.05, 0.1) is 17.6 Å². The van der Waals surface area contributed by atoms with Gasteiger partial charge in [0, 0.05) is 25.4 Å². The minimum absolute atomic E-state index is 0.0454. The molecule has 0 aromatic rings. The Morgan fingerprint density at radius 1 is 1.31 bits per heavy atom. The first kappa shape index (κ1) is 23.6. The fourth-order valence-electron chi connectivity index (χ4n) is 4.25. The molecule has 0 aromatic heterocycles. The van der Waals surface area contributed by atoms with Crippen LogP contribution in [-0.2, 0) is 18.8 Å². The fraction of sp³-hybridized carbons (Fsp3) is 0.762. The second kappa shape index (κ2) is 9.00. The molecular weight excluding hydrogens is 388 g/mol. The maximum atomic E-state index is 12.9. The number of nitrogens with one attached hydrogen (secondary N) is 1. The first-order valence-corrected chi connectivity index (χ1v) is 13.2. The zero-order chi connectivity index (χ0) is 22.0. The van der Waals surface area contributed by atoms with Gasteiger partial charge in [0.1, 0.15) is 12.4 Å². The van der Waals surface area contributed by atoms with Crippen molar-refractivity contribution in [1.29, 1.82) is 0 Å². The second-order valence-electron chi connectivity index (χ2n) is 9.58. The van der Waals surface area contributed by atoms with Crippen LogP contribution in [0.25, 0.3) is 0 Å². The maximum Gasteiger partial charge on any atom is 0.410 e. The Kier molecular flexibility index (Phi) is 7.32. The van der Waals surface area contributed by atoms with Crippen molar-refractivity contribution >= 4 is 26.8 Å². The van der Waals surface area contributed by atoms with E-state index >= 15 is 0 Å². The van der Waals surface area contributed by atoms with Crippen LogP contribution >= 0.6 is 0 Å². The Morgan fingerprint density at radius 2 is 1.97 bits per heavy atom. The topological polar surface area (TPSA) is 84.9 Å². The summed E-state index contributed by atoms with van der Waals surface area (Å²) in [4.78, 5) is 38.9. The molecule has 7 nitrogen and oxygen atoms in total. The first-order chi connectivity index (χ1) is 13.4. The lowest BCUT2D eigenvalue weighted by Crippen LogP contribution is -2.70. The lowest BCUT2D eigenvalue weighted by atomic mass is 9.63. The third-order valence-electron chi connectivity index (χ3n) is 6.22. The zero-order valence-corrected chi connectivity index (χ0v) is 19.8. The summed E-state index contributed by atoms with van der Waals surface area (Å²) in [7, 11) is -1.40. The number of amides is 2. The van der Waals surface area contributed by atoms with Gasteiger partial charge in [-0.2, -0.15) is 0 Å². The number of carbonyl (C=O) groups excluding carboxylic acids is 3. The van der Waals surface area contributed by atoms with Crippen LogP contribution < -0.4 is 5.32 Å². The predicted molar refractivity (Wildman–Crippen MR) is 114 cm³/mol. The van der Waals surface area contributed by atoms with E-state index in [-0.39, 0.29) is 48.0 Å². The second-order valence-corrected chi connectivity index (χ2v) is 11.9. The molecule has 0 radical (unpaired) electrons. The van der Waals surface area contributed by atoms with E-state index in [0.717, 1.165) is 0 Å². The van der Waals surface area contributed by atoms with Gasteiger partial charge >= 0.3 is 6.09 Å². The van der Waals surface area contributed by atoms with Gasteiger partial charge in [0.15, 0.2) is 9.04 Å². The normalized spacial score (nSPS) is 26.5. The Labute approximate surface area is 175 Å². The molecule has 0 aromatic carbocycles. The van der Waals surface area contributed by atoms with Crippen LogP contribution in [0.5, 0.6) is 0 Å². The van der Waals surface area contributed by atoms with Gasteiger partial charge in [-0.25, -0.2) is 4.79 Å². The largest absolute Gasteiger partial charge is 0.445 e. The average molecular weight is 425 g/mol. The highest BCUT2D eigenvalue weighted by Gasteiger charge is 2.57. The van der Waals surface area contributed by atoms with E-state index in [1.807, 2.05) is 6.92 Å². The number of rotatable bonds is 8. The molecule has 0 aliphatic carbocycles. The van der Waals surface area contributed by atoms with E-state index in [0.29, 0.717) is 19.5 Å². The Hall–Kier alpha value is -1.67. The molecule has 4 atom stereocenters. The highest BCUT2D eigenvalue weighted by Crippen LogP contribution is 2.45. The Balaban J connectivity index is 2.02. The number of Topliss-reactive ketones (excluding diaryl/α,β-unsaturated/α-hetero) is 1. The molecule has 2 heterocycles. The molecule has 2 amide bonds. The van der Waals surface area contributed by atoms with Gasteiger partial charge in [-0.15, -0.1) is 0 Å². The van der Waals surface area contributed by atoms with Crippen molar-refractivity contribution in [3.63, 3.8) is 0 Å². The molecule has 0 bridgehead atoms. The monoisotopic (exact) mass is 424 g/mol. The van der Waals surface area contributed by atoms with Crippen LogP contribution in [0.1, 0.15) is 40.5 Å². The van der Waals surface area contributed by atoms with Crippen molar-refractivity contribution in [2.24, 2.45) is 17.3 Å². The molecule has 0 saturated carbocycles. The molecule has 8 heteroatoms. The summed E-state index contributed by atoms with van der Waals surface area (Å²) >= 11 is 0. The smallest absolute Gasteiger partial charge is 0.410 e. The SMILES string of the molecule is C=CCOC(=O)N1CCC(C(=O)C[C@H]2NC(=O)[C@@H]2[C@@](C)(O[SiH](C)C)C(C)(C)C)C1. The molecule has 2 rings (SSSR count). The van der Waals surface area contributed by atoms with E-state index in [9.17, 15) is 14.4 Å². The van der Waals surface area contributed by atoms with E-state index < -0.39 is 20.7 Å². The first-order valence-electron chi connectivity index (χ1n) is 10.4. The summed E-state index contributed by atoms with van der Waals surface area (Å²) in [5.74, 6) is -0.532. The van der Waals surface area contributed by atoms with Gasteiger partial charge in [-0.05, 0) is 31.9 Å². The van der Waals surface area contributed by atoms with Gasteiger partial charge in [0.2, 0.25) is 5.91 Å². The van der Waals surface area contributed by atoms with Crippen LogP contribution in [0.4, 0.5) is 4.79 Å². The van der Waals surface area contributed by atoms with Gasteiger partial charge in [0.25, 0.3) is 0 Å². The van der Waals surface area contributed by atoms with E-state index in [1.165, 1.54) is 6.08 Å². The van der Waals surface area contributed by atoms with Crippen molar-refractivity contribution in [3.8, 4) is 0 Å². The van der Waals surface area contributed by atoms with Crippen molar-refractivity contribution < 1.29 is 23.5 Å². The third-order valence-corrected chi connectivity index (χ3v) is 7.18. The number of ketones is 1. The van der Waals surface area contributed by atoms with Crippen molar-refractivity contribution in [2.45, 2.75) is 65.3 Å². The minimum Gasteiger partial charge on any atom is -0.445 e. The quantitative estimate of drug-likeness (QED) is 0.368. The Morgan fingerprint density at radius 3 is 2.48 bits per heavy atom. The molecule has 2 saturated heterocycles. The van der Waals surface area contributed by atoms with Crippen molar-refractivity contribution in [3.05, 3.63) is 12.7 Å². The number of likely N-dealkylation sites (tertiary alicyclic amines) is 1. The van der Waals surface area contributed by atoms with Gasteiger partial charge in [-0.3, -0.25) is 9.59 Å². The number of nitrogens with zero attached hydrogens (tertiary/aromatic N) is 1. The fourth-order valence-corrected chi connectivity index (χ4v) is 5.72. The minimum atomic E-state index is -1.40. The van der Waals surface area contributed by atoms with E-state index in [1.54, 1.807) is 4.90 Å². The van der Waals surface area contributed by atoms with Crippen LogP contribution in [0.3, 0.4) is 0 Å². The van der Waals surface area contributed by atoms with Crippen LogP contribution in [0, 0.1) is 17.3 Å². The third kappa shape index (κ3) is 5.09. The summed E-state index contributed by atoms with van der Waals surface area (Å²) in [5, 5.41) is 2.92. The van der Waals surface area contributed by atoms with Crippen LogP contribution in [-0.4, -0.2) is 63.1 Å². The number of carbonyl (C=O) groups is 3. The molecule has 1 N–H and O–H groups in total. The van der Waals surface area contributed by atoms with E-state index in [2.05, 4.69) is 45.8 Å². The lowest BCUT2D eigenvalue weighted by molar-refractivity contribution is -0.160. The molecule has 29 heavy (non-hydrogen) atoms. The lowest BCUT2D eigenvalue weighted by Gasteiger charge is -2.54. The molecule has 2 fully saturated rings. The van der Waals surface area contributed by atoms with Crippen molar-refractivity contribution in [1.82, 2.24) is 10.2 Å². The molecule has 164 valence electrons. The van der Waals surface area contributed by atoms with Crippen LogP contribution in [0.15, 0.2) is 12.7 Å². The standard InChI is InChI=1S/C21H36N2O5Si/c1-8-11-27-19(26)23-10-9-14(13-23)16(24)12-15-17(18(25)22-15)21(5,20(2,3)4)28-29(6)7/h8,14-15,17,29H,1,9-13H2,2-7H3,(H,22,25)/t14?,15-,17-,21-/m1/s1. The number of hydrogen-bond acceptors (Lipinski definition) is 5. The zero-order valence-electron chi connectivity index (χ0n) is 18.6. The number of ether oxygens (including phenoxy) is 1. The van der Waals surface area contributed by atoms with Gasteiger partial charge < -0.3 is 19.4 Å². The molecular formula is C21H36N2O5Si. The van der Waals surface area contributed by atoms with Gasteiger partial charge in [-0.1, -0.05) is 33.4 Å². The van der Waals surface area contributed by atoms with Crippen LogP contribution in [0.2, 0.25) is 13.1 Å². The summed E-state index contributed by atoms with van der Waals surface area (Å²) in [6.07, 6.45) is 2.00. The number of hydrogen-bond donors (Lipinski definition) is 1. The predicted octanol–water partition coefficient (Wildman–Crippen LogP) is 2.51. The average Bonchev–Trinajstić information content (AvgIpc) is 3.07. The highest BCUT2D eigenvalue weighted by molar-refractivity contribution is 6.48. The maximum absolute atomic E-state index is 12.9.